The lowest BCUT2D eigenvalue weighted by Crippen LogP contribution is -2.16. The minimum atomic E-state index is 0.684. The summed E-state index contributed by atoms with van der Waals surface area (Å²) < 4.78 is 5.68. The average Bonchev–Trinajstić information content (AvgIpc) is 3.12. The van der Waals surface area contributed by atoms with Crippen molar-refractivity contribution in [2.24, 2.45) is 0 Å². The smallest absolute Gasteiger partial charge is 0.126 e. The highest BCUT2D eigenvalue weighted by Gasteiger charge is 2.20. The maximum atomic E-state index is 5.68. The molecule has 1 heterocycles. The van der Waals surface area contributed by atoms with Crippen LogP contribution in [0.15, 0.2) is 31.1 Å². The van der Waals surface area contributed by atoms with Gasteiger partial charge in [0, 0.05) is 30.5 Å². The van der Waals surface area contributed by atoms with Gasteiger partial charge >= 0.3 is 0 Å². The Hall–Kier alpha value is -1.35. The minimum absolute atomic E-state index is 0.684. The maximum absolute atomic E-state index is 5.68. The second-order valence-electron chi connectivity index (χ2n) is 4.06. The zero-order valence-corrected chi connectivity index (χ0v) is 9.48. The molecule has 16 heavy (non-hydrogen) atoms. The summed E-state index contributed by atoms with van der Waals surface area (Å²) in [5.74, 6) is 0.935. The van der Waals surface area contributed by atoms with Crippen molar-refractivity contribution in [1.82, 2.24) is 10.3 Å². The Morgan fingerprint density at radius 2 is 2.44 bits per heavy atom. The van der Waals surface area contributed by atoms with E-state index in [9.17, 15) is 0 Å². The number of rotatable bonds is 7. The molecule has 0 aromatic carbocycles. The Morgan fingerprint density at radius 3 is 3.19 bits per heavy atom. The van der Waals surface area contributed by atoms with Crippen LogP contribution >= 0.6 is 0 Å². The number of pyridine rings is 1. The van der Waals surface area contributed by atoms with Crippen LogP contribution in [-0.4, -0.2) is 17.6 Å². The zero-order valence-electron chi connectivity index (χ0n) is 9.48. The van der Waals surface area contributed by atoms with E-state index in [0.29, 0.717) is 12.6 Å². The minimum Gasteiger partial charge on any atom is -0.493 e. The van der Waals surface area contributed by atoms with Crippen molar-refractivity contribution in [3.8, 4) is 5.75 Å². The lowest BCUT2D eigenvalue weighted by atomic mass is 10.2. The predicted molar refractivity (Wildman–Crippen MR) is 64.4 cm³/mol. The van der Waals surface area contributed by atoms with Gasteiger partial charge in [-0.1, -0.05) is 6.08 Å². The monoisotopic (exact) mass is 218 g/mol. The van der Waals surface area contributed by atoms with E-state index in [1.165, 1.54) is 12.8 Å². The molecule has 0 atom stereocenters. The van der Waals surface area contributed by atoms with Gasteiger partial charge in [0.1, 0.15) is 5.75 Å². The molecule has 1 N–H and O–H groups in total. The summed E-state index contributed by atoms with van der Waals surface area (Å²) in [6.45, 7) is 5.21. The van der Waals surface area contributed by atoms with Gasteiger partial charge in [0.15, 0.2) is 0 Å². The fourth-order valence-electron chi connectivity index (χ4n) is 1.48. The predicted octanol–water partition coefficient (Wildman–Crippen LogP) is 2.29. The molecule has 0 aliphatic heterocycles. The van der Waals surface area contributed by atoms with Gasteiger partial charge in [0.25, 0.3) is 0 Å². The number of hydrogen-bond donors (Lipinski definition) is 1. The molecule has 0 radical (unpaired) electrons. The van der Waals surface area contributed by atoms with E-state index in [0.717, 1.165) is 24.3 Å². The molecular formula is C13H18N2O. The summed E-state index contributed by atoms with van der Waals surface area (Å²) in [6, 6.07) is 2.63. The topological polar surface area (TPSA) is 34.1 Å². The summed E-state index contributed by atoms with van der Waals surface area (Å²) in [7, 11) is 0. The Labute approximate surface area is 96.5 Å². The van der Waals surface area contributed by atoms with Gasteiger partial charge in [0.2, 0.25) is 0 Å². The highest BCUT2D eigenvalue weighted by Crippen LogP contribution is 2.22. The average molecular weight is 218 g/mol. The van der Waals surface area contributed by atoms with Crippen LogP contribution in [0.5, 0.6) is 5.75 Å². The first kappa shape index (κ1) is 11.1. The zero-order chi connectivity index (χ0) is 11.2. The van der Waals surface area contributed by atoms with Gasteiger partial charge < -0.3 is 10.1 Å². The van der Waals surface area contributed by atoms with E-state index in [2.05, 4.69) is 16.9 Å². The van der Waals surface area contributed by atoms with E-state index in [1.54, 1.807) is 6.20 Å². The van der Waals surface area contributed by atoms with E-state index >= 15 is 0 Å². The molecule has 2 rings (SSSR count). The number of nitrogens with zero attached hydrogens (tertiary/aromatic N) is 1. The molecule has 1 saturated carbocycles. The standard InChI is InChI=1S/C13H18N2O/c1-2-3-8-16-13-6-7-14-9-11(13)10-15-12-4-5-12/h2,6-7,9,12,15H,1,3-5,8,10H2. The molecule has 0 saturated heterocycles. The number of ether oxygens (including phenoxy) is 1. The molecule has 1 aliphatic rings. The number of nitrogens with one attached hydrogen (secondary N) is 1. The molecule has 86 valence electrons. The van der Waals surface area contributed by atoms with Crippen molar-refractivity contribution in [3.63, 3.8) is 0 Å². The molecule has 0 bridgehead atoms. The SMILES string of the molecule is C=CCCOc1ccncc1CNC1CC1. The third kappa shape index (κ3) is 3.35. The van der Waals surface area contributed by atoms with Crippen LogP contribution < -0.4 is 10.1 Å². The van der Waals surface area contributed by atoms with Gasteiger partial charge in [-0.2, -0.15) is 0 Å². The van der Waals surface area contributed by atoms with Crippen molar-refractivity contribution in [1.29, 1.82) is 0 Å². The van der Waals surface area contributed by atoms with Crippen LogP contribution in [0.25, 0.3) is 0 Å². The van der Waals surface area contributed by atoms with Crippen LogP contribution in [0.1, 0.15) is 24.8 Å². The fraction of sp³-hybridized carbons (Fsp3) is 0.462. The highest BCUT2D eigenvalue weighted by molar-refractivity contribution is 5.30. The van der Waals surface area contributed by atoms with E-state index in [4.69, 9.17) is 4.74 Å². The summed E-state index contributed by atoms with van der Waals surface area (Å²) >= 11 is 0. The number of aromatic nitrogens is 1. The van der Waals surface area contributed by atoms with Crippen LogP contribution in [0.3, 0.4) is 0 Å². The summed E-state index contributed by atoms with van der Waals surface area (Å²) in [5, 5.41) is 3.46. The van der Waals surface area contributed by atoms with Crippen LogP contribution in [0, 0.1) is 0 Å². The van der Waals surface area contributed by atoms with Gasteiger partial charge in [-0.15, -0.1) is 6.58 Å². The van der Waals surface area contributed by atoms with E-state index in [1.807, 2.05) is 18.3 Å². The first-order valence-corrected chi connectivity index (χ1v) is 5.80. The fourth-order valence-corrected chi connectivity index (χ4v) is 1.48. The third-order valence-electron chi connectivity index (χ3n) is 2.60. The van der Waals surface area contributed by atoms with Crippen molar-refractivity contribution in [2.75, 3.05) is 6.61 Å². The first-order valence-electron chi connectivity index (χ1n) is 5.80. The second kappa shape index (κ2) is 5.66. The Balaban J connectivity index is 1.89. The normalized spacial score (nSPS) is 14.8. The molecule has 0 unspecified atom stereocenters. The summed E-state index contributed by atoms with van der Waals surface area (Å²) in [6.07, 6.45) is 8.98. The largest absolute Gasteiger partial charge is 0.493 e. The lowest BCUT2D eigenvalue weighted by Gasteiger charge is -2.10. The molecule has 3 heteroatoms. The van der Waals surface area contributed by atoms with Gasteiger partial charge in [-0.05, 0) is 25.3 Å². The quantitative estimate of drug-likeness (QED) is 0.563. The summed E-state index contributed by atoms with van der Waals surface area (Å²) in [4.78, 5) is 4.13. The highest BCUT2D eigenvalue weighted by atomic mass is 16.5. The molecule has 1 fully saturated rings. The molecule has 1 aromatic rings. The molecule has 3 nitrogen and oxygen atoms in total. The van der Waals surface area contributed by atoms with E-state index in [-0.39, 0.29) is 0 Å². The Kier molecular flexibility index (Phi) is 3.94. The van der Waals surface area contributed by atoms with Crippen molar-refractivity contribution < 1.29 is 4.74 Å². The molecule has 0 amide bonds. The van der Waals surface area contributed by atoms with Crippen LogP contribution in [0.4, 0.5) is 0 Å². The first-order chi connectivity index (χ1) is 7.90. The molecule has 0 spiro atoms. The van der Waals surface area contributed by atoms with Crippen molar-refractivity contribution >= 4 is 0 Å². The van der Waals surface area contributed by atoms with Crippen LogP contribution in [0.2, 0.25) is 0 Å². The Morgan fingerprint density at radius 1 is 1.56 bits per heavy atom. The van der Waals surface area contributed by atoms with Crippen molar-refractivity contribution in [2.45, 2.75) is 31.8 Å². The van der Waals surface area contributed by atoms with Gasteiger partial charge in [-0.25, -0.2) is 0 Å². The van der Waals surface area contributed by atoms with Crippen LogP contribution in [-0.2, 0) is 6.54 Å². The Bertz CT molecular complexity index is 348. The lowest BCUT2D eigenvalue weighted by molar-refractivity contribution is 0.320. The van der Waals surface area contributed by atoms with E-state index < -0.39 is 0 Å². The number of hydrogen-bond acceptors (Lipinski definition) is 3. The van der Waals surface area contributed by atoms with Gasteiger partial charge in [0.05, 0.1) is 6.61 Å². The maximum Gasteiger partial charge on any atom is 0.126 e. The molecule has 1 aliphatic carbocycles. The molecule has 1 aromatic heterocycles. The molecular weight excluding hydrogens is 200 g/mol. The third-order valence-corrected chi connectivity index (χ3v) is 2.60. The summed E-state index contributed by atoms with van der Waals surface area (Å²) in [5.41, 5.74) is 1.14. The van der Waals surface area contributed by atoms with Gasteiger partial charge in [-0.3, -0.25) is 4.98 Å². The second-order valence-corrected chi connectivity index (χ2v) is 4.06. The van der Waals surface area contributed by atoms with Crippen molar-refractivity contribution in [3.05, 3.63) is 36.7 Å².